The molecule has 0 aliphatic rings. The van der Waals surface area contributed by atoms with Crippen molar-refractivity contribution < 1.29 is 24.0 Å². The Balaban J connectivity index is 3.76. The van der Waals surface area contributed by atoms with E-state index in [9.17, 15) is 0 Å². The van der Waals surface area contributed by atoms with Crippen LogP contribution in [0.1, 0.15) is 26.7 Å². The van der Waals surface area contributed by atoms with Crippen molar-refractivity contribution >= 4 is 0 Å². The van der Waals surface area contributed by atoms with Gasteiger partial charge in [-0.1, -0.05) is 0 Å². The van der Waals surface area contributed by atoms with Gasteiger partial charge in [0.2, 0.25) is 0 Å². The standard InChI is InChI=1S/C4H10N.2C2H5O.CH3.Ti/c1-2-3-4-5;2*1-2-3;;/h1-5H2;2*2H2,1H3;1H3;/q;2*-1;;+2. The van der Waals surface area contributed by atoms with E-state index in [1.165, 1.54) is 0 Å². The van der Waals surface area contributed by atoms with Crippen molar-refractivity contribution in [1.29, 1.82) is 0 Å². The molecule has 3 nitrogen and oxygen atoms in total. The molecular weight excluding hydrogens is 202 g/mol. The SMILES string of the molecule is CC[O][Ti]([CH3])([CH2]CCCN)[O]CC. The van der Waals surface area contributed by atoms with Crippen molar-refractivity contribution in [2.24, 2.45) is 5.73 Å². The van der Waals surface area contributed by atoms with Crippen molar-refractivity contribution in [2.75, 3.05) is 19.8 Å². The molecule has 0 aromatic carbocycles. The second-order valence-corrected chi connectivity index (χ2v) is 8.47. The van der Waals surface area contributed by atoms with Crippen LogP contribution in [0.5, 0.6) is 0 Å². The summed E-state index contributed by atoms with van der Waals surface area (Å²) >= 11 is -2.35. The molecule has 0 fully saturated rings. The van der Waals surface area contributed by atoms with Gasteiger partial charge in [-0.3, -0.25) is 0 Å². The predicted octanol–water partition coefficient (Wildman–Crippen LogP) is 2.25. The predicted molar refractivity (Wildman–Crippen MR) is 52.2 cm³/mol. The quantitative estimate of drug-likeness (QED) is 0.509. The van der Waals surface area contributed by atoms with E-state index in [0.717, 1.165) is 37.3 Å². The summed E-state index contributed by atoms with van der Waals surface area (Å²) < 4.78 is 12.6. The molecule has 0 aromatic heterocycles. The minimum atomic E-state index is -2.35. The van der Waals surface area contributed by atoms with Gasteiger partial charge in [0.25, 0.3) is 0 Å². The van der Waals surface area contributed by atoms with Crippen molar-refractivity contribution in [2.45, 2.75) is 36.6 Å². The first-order valence-corrected chi connectivity index (χ1v) is 9.10. The number of rotatable bonds is 8. The Morgan fingerprint density at radius 1 is 1.08 bits per heavy atom. The first-order chi connectivity index (χ1) is 6.18. The third kappa shape index (κ3) is 6.64. The molecule has 0 saturated heterocycles. The molecule has 0 rings (SSSR count). The molecule has 4 heteroatoms. The van der Waals surface area contributed by atoms with E-state index in [2.05, 4.69) is 5.23 Å². The second kappa shape index (κ2) is 7.95. The van der Waals surface area contributed by atoms with E-state index in [1.807, 2.05) is 13.8 Å². The Morgan fingerprint density at radius 2 is 1.62 bits per heavy atom. The molecule has 0 saturated carbocycles. The van der Waals surface area contributed by atoms with Gasteiger partial charge in [0.15, 0.2) is 0 Å². The molecule has 13 heavy (non-hydrogen) atoms. The molecule has 0 spiro atoms. The van der Waals surface area contributed by atoms with Crippen molar-refractivity contribution in [3.63, 3.8) is 0 Å². The molecule has 0 unspecified atom stereocenters. The molecule has 0 radical (unpaired) electrons. The minimum absolute atomic E-state index is 0.774. The maximum absolute atomic E-state index is 5.74. The molecule has 0 atom stereocenters. The summed E-state index contributed by atoms with van der Waals surface area (Å²) in [5.41, 5.74) is 5.44. The van der Waals surface area contributed by atoms with E-state index in [1.54, 1.807) is 0 Å². The van der Waals surface area contributed by atoms with Gasteiger partial charge in [-0.2, -0.15) is 0 Å². The molecular formula is C9H23NO2Ti. The number of nitrogens with two attached hydrogens (primary N) is 1. The average molecular weight is 225 g/mol. The number of unbranched alkanes of at least 4 members (excludes halogenated alkanes) is 1. The summed E-state index contributed by atoms with van der Waals surface area (Å²) in [5.74, 6) is 0. The zero-order chi connectivity index (χ0) is 10.2. The Bertz CT molecular complexity index is 116. The van der Waals surface area contributed by atoms with Gasteiger partial charge in [0.1, 0.15) is 0 Å². The fourth-order valence-corrected chi connectivity index (χ4v) is 5.27. The van der Waals surface area contributed by atoms with Crippen LogP contribution in [0.15, 0.2) is 0 Å². The molecule has 0 heterocycles. The van der Waals surface area contributed by atoms with Crippen LogP contribution in [0, 0.1) is 0 Å². The van der Waals surface area contributed by atoms with Crippen molar-refractivity contribution in [3.05, 3.63) is 0 Å². The average Bonchev–Trinajstić information content (AvgIpc) is 2.05. The first kappa shape index (κ1) is 13.6. The van der Waals surface area contributed by atoms with Crippen molar-refractivity contribution in [1.82, 2.24) is 0 Å². The first-order valence-electron chi connectivity index (χ1n) is 5.16. The van der Waals surface area contributed by atoms with Crippen LogP contribution in [0.3, 0.4) is 0 Å². The zero-order valence-corrected chi connectivity index (χ0v) is 10.7. The topological polar surface area (TPSA) is 44.5 Å². The van der Waals surface area contributed by atoms with Crippen LogP contribution < -0.4 is 5.73 Å². The van der Waals surface area contributed by atoms with E-state index in [-0.39, 0.29) is 0 Å². The van der Waals surface area contributed by atoms with E-state index in [0.29, 0.717) is 0 Å². The normalized spacial score (nSPS) is 12.0. The third-order valence-electron chi connectivity index (χ3n) is 1.98. The molecule has 0 amide bonds. The summed E-state index contributed by atoms with van der Waals surface area (Å²) in [6.07, 6.45) is 2.23. The Kier molecular flexibility index (Phi) is 8.31. The van der Waals surface area contributed by atoms with Crippen LogP contribution in [0.25, 0.3) is 0 Å². The van der Waals surface area contributed by atoms with Crippen molar-refractivity contribution in [3.8, 4) is 0 Å². The molecule has 0 aromatic rings. The molecule has 0 aliphatic heterocycles. The zero-order valence-electron chi connectivity index (χ0n) is 9.14. The number of hydrogen-bond acceptors (Lipinski definition) is 3. The Hall–Kier alpha value is 0.594. The maximum atomic E-state index is 5.74. The Labute approximate surface area is 86.3 Å². The van der Waals surface area contributed by atoms with Gasteiger partial charge in [0.05, 0.1) is 0 Å². The molecule has 0 aliphatic carbocycles. The fraction of sp³-hybridized carbons (Fsp3) is 1.00. The summed E-state index contributed by atoms with van der Waals surface area (Å²) in [6.45, 7) is 6.39. The summed E-state index contributed by atoms with van der Waals surface area (Å²) in [6, 6.07) is 0. The third-order valence-corrected chi connectivity index (χ3v) is 6.76. The molecule has 80 valence electrons. The van der Waals surface area contributed by atoms with E-state index < -0.39 is 17.4 Å². The number of hydrogen-bond donors (Lipinski definition) is 1. The monoisotopic (exact) mass is 225 g/mol. The van der Waals surface area contributed by atoms with Gasteiger partial charge in [-0.05, 0) is 0 Å². The van der Waals surface area contributed by atoms with Gasteiger partial charge >= 0.3 is 86.1 Å². The molecule has 0 bridgehead atoms. The van der Waals surface area contributed by atoms with Gasteiger partial charge in [-0.25, -0.2) is 0 Å². The van der Waals surface area contributed by atoms with Crippen LogP contribution in [0.4, 0.5) is 0 Å². The van der Waals surface area contributed by atoms with Crippen LogP contribution in [-0.4, -0.2) is 19.8 Å². The summed E-state index contributed by atoms with van der Waals surface area (Å²) in [4.78, 5) is 0. The van der Waals surface area contributed by atoms with Crippen LogP contribution >= 0.6 is 0 Å². The van der Waals surface area contributed by atoms with Gasteiger partial charge in [0, 0.05) is 0 Å². The van der Waals surface area contributed by atoms with Gasteiger partial charge < -0.3 is 0 Å². The summed E-state index contributed by atoms with van der Waals surface area (Å²) in [7, 11) is 0. The second-order valence-electron chi connectivity index (χ2n) is 3.25. The van der Waals surface area contributed by atoms with E-state index >= 15 is 0 Å². The van der Waals surface area contributed by atoms with E-state index in [4.69, 9.17) is 12.4 Å². The molecule has 2 N–H and O–H groups in total. The van der Waals surface area contributed by atoms with Crippen LogP contribution in [0.2, 0.25) is 9.95 Å². The summed E-state index contributed by atoms with van der Waals surface area (Å²) in [5, 5.41) is 2.18. The fourth-order valence-electron chi connectivity index (χ4n) is 1.39. The van der Waals surface area contributed by atoms with Crippen LogP contribution in [-0.2, 0) is 24.0 Å². The Morgan fingerprint density at radius 3 is 2.00 bits per heavy atom. The van der Waals surface area contributed by atoms with Gasteiger partial charge in [-0.15, -0.1) is 0 Å².